The topological polar surface area (TPSA) is 74.7 Å². The second-order valence-corrected chi connectivity index (χ2v) is 7.41. The lowest BCUT2D eigenvalue weighted by molar-refractivity contribution is 0.0696. The molecule has 0 radical (unpaired) electrons. The molecule has 2 rings (SSSR count). The quantitative estimate of drug-likeness (QED) is 0.916. The lowest BCUT2D eigenvalue weighted by Gasteiger charge is -2.31. The number of thioether (sulfide) groups is 1. The first kappa shape index (κ1) is 14.4. The van der Waals surface area contributed by atoms with Crippen LogP contribution >= 0.6 is 11.8 Å². The molecule has 1 heterocycles. The fourth-order valence-electron chi connectivity index (χ4n) is 1.97. The van der Waals surface area contributed by atoms with Gasteiger partial charge in [-0.3, -0.25) is 0 Å². The van der Waals surface area contributed by atoms with Gasteiger partial charge in [-0.1, -0.05) is 0 Å². The molecule has 1 aliphatic rings. The zero-order valence-corrected chi connectivity index (χ0v) is 12.1. The summed E-state index contributed by atoms with van der Waals surface area (Å²) in [6, 6.07) is 5.31. The summed E-state index contributed by atoms with van der Waals surface area (Å²) in [5.41, 5.74) is 0.0844. The number of carbonyl (C=O) groups is 1. The van der Waals surface area contributed by atoms with Gasteiger partial charge >= 0.3 is 5.97 Å². The molecule has 1 atom stereocenters. The van der Waals surface area contributed by atoms with Gasteiger partial charge in [-0.15, -0.1) is 0 Å². The minimum atomic E-state index is -3.53. The summed E-state index contributed by atoms with van der Waals surface area (Å²) in [6.07, 6.45) is 0. The Morgan fingerprint density at radius 3 is 2.53 bits per heavy atom. The number of sulfonamides is 1. The van der Waals surface area contributed by atoms with E-state index in [1.807, 2.05) is 6.92 Å². The first-order valence-electron chi connectivity index (χ1n) is 5.86. The third kappa shape index (κ3) is 2.93. The van der Waals surface area contributed by atoms with Crippen LogP contribution in [0.4, 0.5) is 0 Å². The van der Waals surface area contributed by atoms with Crippen LogP contribution < -0.4 is 0 Å². The Morgan fingerprint density at radius 1 is 1.37 bits per heavy atom. The molecule has 1 fully saturated rings. The molecule has 5 nitrogen and oxygen atoms in total. The van der Waals surface area contributed by atoms with Gasteiger partial charge in [0, 0.05) is 24.1 Å². The predicted molar refractivity (Wildman–Crippen MR) is 74.1 cm³/mol. The number of nitrogens with zero attached hydrogens (tertiary/aromatic N) is 1. The van der Waals surface area contributed by atoms with Gasteiger partial charge in [0.05, 0.1) is 10.5 Å². The van der Waals surface area contributed by atoms with E-state index in [9.17, 15) is 13.2 Å². The number of carboxylic acids is 1. The minimum Gasteiger partial charge on any atom is -0.478 e. The first-order valence-corrected chi connectivity index (χ1v) is 8.45. The second kappa shape index (κ2) is 5.52. The van der Waals surface area contributed by atoms with E-state index >= 15 is 0 Å². The Hall–Kier alpha value is -1.05. The summed E-state index contributed by atoms with van der Waals surface area (Å²) in [6.45, 7) is 2.38. The van der Waals surface area contributed by atoms with Gasteiger partial charge < -0.3 is 5.11 Å². The van der Waals surface area contributed by atoms with Crippen molar-refractivity contribution in [1.82, 2.24) is 4.31 Å². The lowest BCUT2D eigenvalue weighted by Crippen LogP contribution is -2.44. The molecule has 1 aromatic carbocycles. The molecule has 19 heavy (non-hydrogen) atoms. The summed E-state index contributed by atoms with van der Waals surface area (Å²) in [7, 11) is -3.53. The summed E-state index contributed by atoms with van der Waals surface area (Å²) >= 11 is 1.74. The van der Waals surface area contributed by atoms with Crippen molar-refractivity contribution in [3.05, 3.63) is 29.8 Å². The van der Waals surface area contributed by atoms with Gasteiger partial charge in [0.25, 0.3) is 0 Å². The van der Waals surface area contributed by atoms with Crippen LogP contribution in [0.15, 0.2) is 29.2 Å². The highest BCUT2D eigenvalue weighted by atomic mass is 32.2. The number of rotatable bonds is 3. The first-order chi connectivity index (χ1) is 8.93. The highest BCUT2D eigenvalue weighted by Crippen LogP contribution is 2.24. The molecule has 104 valence electrons. The smallest absolute Gasteiger partial charge is 0.335 e. The van der Waals surface area contributed by atoms with Crippen LogP contribution in [0, 0.1) is 0 Å². The minimum absolute atomic E-state index is 0.0390. The maximum Gasteiger partial charge on any atom is 0.335 e. The third-order valence-electron chi connectivity index (χ3n) is 3.01. The Labute approximate surface area is 116 Å². The van der Waals surface area contributed by atoms with E-state index < -0.39 is 16.0 Å². The normalized spacial score (nSPS) is 21.2. The number of carboxylic acid groups (broad SMARTS) is 1. The van der Waals surface area contributed by atoms with Crippen molar-refractivity contribution in [1.29, 1.82) is 0 Å². The molecule has 0 saturated carbocycles. The number of aromatic carboxylic acids is 1. The Balaban J connectivity index is 2.30. The summed E-state index contributed by atoms with van der Waals surface area (Å²) in [4.78, 5) is 10.9. The standard InChI is InChI=1S/C12H15NO4S2/c1-9-8-18-7-6-13(9)19(16,17)11-4-2-10(3-5-11)12(14)15/h2-5,9H,6-8H2,1H3,(H,14,15). The maximum atomic E-state index is 12.4. The van der Waals surface area contributed by atoms with E-state index in [2.05, 4.69) is 0 Å². The molecule has 1 N–H and O–H groups in total. The molecule has 1 unspecified atom stereocenters. The number of hydrogen-bond donors (Lipinski definition) is 1. The molecule has 1 aliphatic heterocycles. The van der Waals surface area contributed by atoms with Gasteiger partial charge in [0.15, 0.2) is 0 Å². The van der Waals surface area contributed by atoms with Crippen LogP contribution in [-0.2, 0) is 10.0 Å². The molecule has 0 amide bonds. The fourth-order valence-corrected chi connectivity index (χ4v) is 4.83. The van der Waals surface area contributed by atoms with E-state index in [1.165, 1.54) is 28.6 Å². The molecule has 0 spiro atoms. The van der Waals surface area contributed by atoms with E-state index in [0.717, 1.165) is 11.5 Å². The van der Waals surface area contributed by atoms with Crippen LogP contribution in [0.3, 0.4) is 0 Å². The third-order valence-corrected chi connectivity index (χ3v) is 6.23. The highest BCUT2D eigenvalue weighted by molar-refractivity contribution is 7.99. The molecule has 0 aliphatic carbocycles. The van der Waals surface area contributed by atoms with Crippen molar-refractivity contribution in [2.24, 2.45) is 0 Å². The Bertz CT molecular complexity index is 568. The fraction of sp³-hybridized carbons (Fsp3) is 0.417. The van der Waals surface area contributed by atoms with Crippen LogP contribution in [0.25, 0.3) is 0 Å². The van der Waals surface area contributed by atoms with E-state index in [0.29, 0.717) is 6.54 Å². The van der Waals surface area contributed by atoms with Gasteiger partial charge in [-0.2, -0.15) is 16.1 Å². The zero-order chi connectivity index (χ0) is 14.0. The molecular formula is C12H15NO4S2. The molecule has 1 saturated heterocycles. The van der Waals surface area contributed by atoms with Crippen molar-refractivity contribution in [2.45, 2.75) is 17.9 Å². The van der Waals surface area contributed by atoms with Crippen LogP contribution in [0.5, 0.6) is 0 Å². The van der Waals surface area contributed by atoms with Gasteiger partial charge in [-0.05, 0) is 31.2 Å². The Morgan fingerprint density at radius 2 is 2.00 bits per heavy atom. The van der Waals surface area contributed by atoms with Crippen molar-refractivity contribution in [2.75, 3.05) is 18.1 Å². The van der Waals surface area contributed by atoms with Crippen LogP contribution in [0.1, 0.15) is 17.3 Å². The van der Waals surface area contributed by atoms with E-state index in [1.54, 1.807) is 11.8 Å². The largest absolute Gasteiger partial charge is 0.478 e. The summed E-state index contributed by atoms with van der Waals surface area (Å²) in [5, 5.41) is 8.81. The van der Waals surface area contributed by atoms with Crippen LogP contribution in [-0.4, -0.2) is 47.9 Å². The molecular weight excluding hydrogens is 286 g/mol. The maximum absolute atomic E-state index is 12.4. The average Bonchev–Trinajstić information content (AvgIpc) is 2.39. The van der Waals surface area contributed by atoms with Crippen molar-refractivity contribution < 1.29 is 18.3 Å². The summed E-state index contributed by atoms with van der Waals surface area (Å²) < 4.78 is 26.4. The van der Waals surface area contributed by atoms with Crippen molar-refractivity contribution in [3.8, 4) is 0 Å². The molecule has 7 heteroatoms. The number of hydrogen-bond acceptors (Lipinski definition) is 4. The number of benzene rings is 1. The van der Waals surface area contributed by atoms with Crippen molar-refractivity contribution in [3.63, 3.8) is 0 Å². The lowest BCUT2D eigenvalue weighted by atomic mass is 10.2. The average molecular weight is 301 g/mol. The van der Waals surface area contributed by atoms with E-state index in [-0.39, 0.29) is 16.5 Å². The summed E-state index contributed by atoms with van der Waals surface area (Å²) in [5.74, 6) is 0.509. The zero-order valence-electron chi connectivity index (χ0n) is 10.4. The second-order valence-electron chi connectivity index (χ2n) is 4.37. The Kier molecular flexibility index (Phi) is 4.17. The molecule has 0 bridgehead atoms. The van der Waals surface area contributed by atoms with Gasteiger partial charge in [0.1, 0.15) is 0 Å². The van der Waals surface area contributed by atoms with Gasteiger partial charge in [0.2, 0.25) is 10.0 Å². The van der Waals surface area contributed by atoms with E-state index in [4.69, 9.17) is 5.11 Å². The van der Waals surface area contributed by atoms with Gasteiger partial charge in [-0.25, -0.2) is 13.2 Å². The molecule has 1 aromatic rings. The highest BCUT2D eigenvalue weighted by Gasteiger charge is 2.31. The molecule has 0 aromatic heterocycles. The predicted octanol–water partition coefficient (Wildman–Crippen LogP) is 1.51. The monoisotopic (exact) mass is 301 g/mol. The van der Waals surface area contributed by atoms with Crippen LogP contribution in [0.2, 0.25) is 0 Å². The van der Waals surface area contributed by atoms with Crippen molar-refractivity contribution >= 4 is 27.8 Å². The SMILES string of the molecule is CC1CSCCN1S(=O)(=O)c1ccc(C(=O)O)cc1.